The summed E-state index contributed by atoms with van der Waals surface area (Å²) in [7, 11) is 0. The first-order chi connectivity index (χ1) is 12.1. The first kappa shape index (κ1) is 19.4. The molecule has 25 heavy (non-hydrogen) atoms. The number of amides is 2. The molecule has 1 aliphatic carbocycles. The summed E-state index contributed by atoms with van der Waals surface area (Å²) in [4.78, 5) is 26.5. The van der Waals surface area contributed by atoms with Crippen LogP contribution in [0.25, 0.3) is 0 Å². The van der Waals surface area contributed by atoms with Crippen LogP contribution in [-0.4, -0.2) is 36.3 Å². The SMILES string of the molecule is CCN(Cc1ccccc1)C(=O)CNC(=O)CC1(CN)CCCCC1. The Hall–Kier alpha value is -1.88. The molecule has 0 saturated heterocycles. The zero-order chi connectivity index (χ0) is 18.1. The van der Waals surface area contributed by atoms with Gasteiger partial charge >= 0.3 is 0 Å². The summed E-state index contributed by atoms with van der Waals surface area (Å²) in [6.45, 7) is 3.74. The molecule has 0 unspecified atom stereocenters. The molecule has 2 rings (SSSR count). The molecule has 3 N–H and O–H groups in total. The van der Waals surface area contributed by atoms with Crippen LogP contribution in [0.1, 0.15) is 51.0 Å². The van der Waals surface area contributed by atoms with E-state index in [4.69, 9.17) is 5.73 Å². The molecule has 0 aromatic heterocycles. The lowest BCUT2D eigenvalue weighted by atomic mass is 9.71. The predicted octanol–water partition coefficient (Wildman–Crippen LogP) is 2.45. The van der Waals surface area contributed by atoms with E-state index < -0.39 is 0 Å². The maximum absolute atomic E-state index is 12.4. The first-order valence-corrected chi connectivity index (χ1v) is 9.37. The molecule has 0 atom stereocenters. The van der Waals surface area contributed by atoms with Gasteiger partial charge in [0.2, 0.25) is 11.8 Å². The standard InChI is InChI=1S/C20H31N3O2/c1-2-23(15-17-9-5-3-6-10-17)19(25)14-22-18(24)13-20(16-21)11-7-4-8-12-20/h3,5-6,9-10H,2,4,7-8,11-16,21H2,1H3,(H,22,24). The van der Waals surface area contributed by atoms with Gasteiger partial charge in [0.25, 0.3) is 0 Å². The minimum absolute atomic E-state index is 0.0508. The molecule has 0 heterocycles. The molecule has 1 fully saturated rings. The Kier molecular flexibility index (Phi) is 7.44. The van der Waals surface area contributed by atoms with Gasteiger partial charge in [-0.3, -0.25) is 9.59 Å². The summed E-state index contributed by atoms with van der Waals surface area (Å²) in [5.74, 6) is -0.110. The largest absolute Gasteiger partial charge is 0.347 e. The van der Waals surface area contributed by atoms with Crippen LogP contribution < -0.4 is 11.1 Å². The van der Waals surface area contributed by atoms with Gasteiger partial charge in [0, 0.05) is 19.5 Å². The molecule has 1 aliphatic rings. The number of benzene rings is 1. The first-order valence-electron chi connectivity index (χ1n) is 9.37. The molecule has 0 bridgehead atoms. The van der Waals surface area contributed by atoms with Crippen molar-refractivity contribution in [2.24, 2.45) is 11.1 Å². The monoisotopic (exact) mass is 345 g/mol. The Morgan fingerprint density at radius 2 is 1.84 bits per heavy atom. The smallest absolute Gasteiger partial charge is 0.242 e. The van der Waals surface area contributed by atoms with Crippen LogP contribution in [0.5, 0.6) is 0 Å². The fourth-order valence-corrected chi connectivity index (χ4v) is 3.62. The summed E-state index contributed by atoms with van der Waals surface area (Å²) in [6.07, 6.45) is 5.97. The molecule has 138 valence electrons. The van der Waals surface area contributed by atoms with E-state index in [9.17, 15) is 9.59 Å². The number of hydrogen-bond donors (Lipinski definition) is 2. The number of hydrogen-bond acceptors (Lipinski definition) is 3. The zero-order valence-electron chi connectivity index (χ0n) is 15.3. The highest BCUT2D eigenvalue weighted by atomic mass is 16.2. The number of nitrogens with one attached hydrogen (secondary N) is 1. The average Bonchev–Trinajstić information content (AvgIpc) is 2.65. The summed E-state index contributed by atoms with van der Waals surface area (Å²) in [5.41, 5.74) is 6.96. The number of nitrogens with zero attached hydrogens (tertiary/aromatic N) is 1. The molecule has 0 aliphatic heterocycles. The maximum atomic E-state index is 12.4. The normalized spacial score (nSPS) is 16.2. The van der Waals surface area contributed by atoms with Gasteiger partial charge in [-0.15, -0.1) is 0 Å². The van der Waals surface area contributed by atoms with Crippen molar-refractivity contribution >= 4 is 11.8 Å². The third kappa shape index (κ3) is 5.85. The summed E-state index contributed by atoms with van der Waals surface area (Å²) < 4.78 is 0. The number of carbonyl (C=O) groups is 2. The van der Waals surface area contributed by atoms with Crippen LogP contribution >= 0.6 is 0 Å². The van der Waals surface area contributed by atoms with Crippen LogP contribution in [0.15, 0.2) is 30.3 Å². The quantitative estimate of drug-likeness (QED) is 0.760. The average molecular weight is 345 g/mol. The summed E-state index contributed by atoms with van der Waals surface area (Å²) in [5, 5.41) is 2.80. The van der Waals surface area contributed by atoms with Gasteiger partial charge in [0.1, 0.15) is 0 Å². The highest BCUT2D eigenvalue weighted by Gasteiger charge is 2.33. The maximum Gasteiger partial charge on any atom is 0.242 e. The van der Waals surface area contributed by atoms with Crippen molar-refractivity contribution in [3.8, 4) is 0 Å². The minimum atomic E-state index is -0.0696. The predicted molar refractivity (Wildman–Crippen MR) is 99.7 cm³/mol. The number of likely N-dealkylation sites (N-methyl/N-ethyl adjacent to an activating group) is 1. The molecular formula is C20H31N3O2. The van der Waals surface area contributed by atoms with E-state index in [0.29, 0.717) is 26.1 Å². The lowest BCUT2D eigenvalue weighted by Gasteiger charge is -2.35. The minimum Gasteiger partial charge on any atom is -0.347 e. The van der Waals surface area contributed by atoms with E-state index in [1.807, 2.05) is 37.3 Å². The van der Waals surface area contributed by atoms with Crippen molar-refractivity contribution in [2.75, 3.05) is 19.6 Å². The number of rotatable bonds is 8. The third-order valence-corrected chi connectivity index (χ3v) is 5.27. The van der Waals surface area contributed by atoms with Gasteiger partial charge in [0.05, 0.1) is 6.54 Å². The second-order valence-electron chi connectivity index (χ2n) is 7.11. The van der Waals surface area contributed by atoms with Crippen molar-refractivity contribution in [1.82, 2.24) is 10.2 Å². The van der Waals surface area contributed by atoms with Gasteiger partial charge in [-0.25, -0.2) is 0 Å². The molecular weight excluding hydrogens is 314 g/mol. The van der Waals surface area contributed by atoms with E-state index in [1.165, 1.54) is 6.42 Å². The molecule has 1 saturated carbocycles. The molecule has 1 aromatic rings. The summed E-state index contributed by atoms with van der Waals surface area (Å²) >= 11 is 0. The fourth-order valence-electron chi connectivity index (χ4n) is 3.62. The second kappa shape index (κ2) is 9.56. The van der Waals surface area contributed by atoms with Gasteiger partial charge < -0.3 is 16.0 Å². The Labute approximate surface area is 151 Å². The van der Waals surface area contributed by atoms with Gasteiger partial charge in [-0.05, 0) is 37.3 Å². The van der Waals surface area contributed by atoms with E-state index in [2.05, 4.69) is 5.32 Å². The van der Waals surface area contributed by atoms with Crippen LogP contribution in [0.3, 0.4) is 0 Å². The highest BCUT2D eigenvalue weighted by Crippen LogP contribution is 2.38. The zero-order valence-corrected chi connectivity index (χ0v) is 15.3. The van der Waals surface area contributed by atoms with Crippen molar-refractivity contribution in [2.45, 2.75) is 52.0 Å². The fraction of sp³-hybridized carbons (Fsp3) is 0.600. The van der Waals surface area contributed by atoms with E-state index in [0.717, 1.165) is 31.2 Å². The molecule has 5 heteroatoms. The van der Waals surface area contributed by atoms with Crippen LogP contribution in [0, 0.1) is 5.41 Å². The summed E-state index contributed by atoms with van der Waals surface area (Å²) in [6, 6.07) is 9.89. The lowest BCUT2D eigenvalue weighted by molar-refractivity contribution is -0.133. The van der Waals surface area contributed by atoms with E-state index >= 15 is 0 Å². The van der Waals surface area contributed by atoms with Gasteiger partial charge in [-0.1, -0.05) is 49.6 Å². The molecule has 0 spiro atoms. The molecule has 0 radical (unpaired) electrons. The van der Waals surface area contributed by atoms with Crippen molar-refractivity contribution < 1.29 is 9.59 Å². The molecule has 5 nitrogen and oxygen atoms in total. The highest BCUT2D eigenvalue weighted by molar-refractivity contribution is 5.85. The van der Waals surface area contributed by atoms with Crippen LogP contribution in [0.2, 0.25) is 0 Å². The number of nitrogens with two attached hydrogens (primary N) is 1. The Balaban J connectivity index is 1.82. The van der Waals surface area contributed by atoms with Crippen molar-refractivity contribution in [3.63, 3.8) is 0 Å². The second-order valence-corrected chi connectivity index (χ2v) is 7.11. The van der Waals surface area contributed by atoms with Crippen LogP contribution in [-0.2, 0) is 16.1 Å². The van der Waals surface area contributed by atoms with Gasteiger partial charge in [0.15, 0.2) is 0 Å². The van der Waals surface area contributed by atoms with E-state index in [1.54, 1.807) is 4.90 Å². The molecule has 2 amide bonds. The van der Waals surface area contributed by atoms with E-state index in [-0.39, 0.29) is 23.8 Å². The Morgan fingerprint density at radius 3 is 2.44 bits per heavy atom. The van der Waals surface area contributed by atoms with Crippen molar-refractivity contribution in [1.29, 1.82) is 0 Å². The third-order valence-electron chi connectivity index (χ3n) is 5.27. The Bertz CT molecular complexity index is 553. The van der Waals surface area contributed by atoms with Gasteiger partial charge in [-0.2, -0.15) is 0 Å². The van der Waals surface area contributed by atoms with Crippen LogP contribution in [0.4, 0.5) is 0 Å². The topological polar surface area (TPSA) is 75.4 Å². The Morgan fingerprint density at radius 1 is 1.16 bits per heavy atom. The lowest BCUT2D eigenvalue weighted by Crippen LogP contribution is -2.43. The molecule has 1 aromatic carbocycles. The van der Waals surface area contributed by atoms with Crippen molar-refractivity contribution in [3.05, 3.63) is 35.9 Å². The number of carbonyl (C=O) groups excluding carboxylic acids is 2.